The highest BCUT2D eigenvalue weighted by molar-refractivity contribution is 6.46. The van der Waals surface area contributed by atoms with E-state index in [1.165, 1.54) is 0 Å². The topological polar surface area (TPSA) is 18.5 Å². The summed E-state index contributed by atoms with van der Waals surface area (Å²) in [5.41, 5.74) is 0.462. The summed E-state index contributed by atoms with van der Waals surface area (Å²) in [5.74, 6) is 0.909. The van der Waals surface area contributed by atoms with E-state index >= 15 is 0 Å². The second kappa shape index (κ2) is 7.94. The van der Waals surface area contributed by atoms with Gasteiger partial charge in [-0.1, -0.05) is 13.8 Å². The van der Waals surface area contributed by atoms with Gasteiger partial charge in [0.15, 0.2) is 0 Å². The van der Waals surface area contributed by atoms with E-state index in [4.69, 9.17) is 32.1 Å². The first-order valence-electron chi connectivity index (χ1n) is 4.82. The van der Waals surface area contributed by atoms with Gasteiger partial charge in [0.1, 0.15) is 0 Å². The molecule has 3 unspecified atom stereocenters. The SMILES string of the molecule is CO[SiH](OC)C(C)CC(C)C(Cl)CCl. The molecule has 0 radical (unpaired) electrons. The zero-order valence-corrected chi connectivity index (χ0v) is 12.0. The van der Waals surface area contributed by atoms with Gasteiger partial charge in [0.2, 0.25) is 0 Å². The van der Waals surface area contributed by atoms with Crippen LogP contribution >= 0.6 is 23.2 Å². The molecular weight excluding hydrogens is 239 g/mol. The molecule has 0 bridgehead atoms. The van der Waals surface area contributed by atoms with E-state index in [2.05, 4.69) is 13.8 Å². The van der Waals surface area contributed by atoms with Crippen LogP contribution in [0.5, 0.6) is 0 Å². The average molecular weight is 259 g/mol. The molecule has 3 atom stereocenters. The number of hydrogen-bond acceptors (Lipinski definition) is 2. The summed E-state index contributed by atoms with van der Waals surface area (Å²) in [6, 6.07) is 0. The molecule has 0 N–H and O–H groups in total. The van der Waals surface area contributed by atoms with Crippen LogP contribution in [0.4, 0.5) is 0 Å². The third-order valence-electron chi connectivity index (χ3n) is 2.44. The summed E-state index contributed by atoms with van der Waals surface area (Å²) in [5, 5.41) is 0.0440. The van der Waals surface area contributed by atoms with Crippen LogP contribution in [0.3, 0.4) is 0 Å². The second-order valence-electron chi connectivity index (χ2n) is 3.70. The van der Waals surface area contributed by atoms with E-state index in [-0.39, 0.29) is 5.38 Å². The summed E-state index contributed by atoms with van der Waals surface area (Å²) >= 11 is 11.7. The number of halogens is 2. The van der Waals surface area contributed by atoms with Crippen molar-refractivity contribution in [2.45, 2.75) is 31.2 Å². The molecule has 0 aromatic carbocycles. The fourth-order valence-electron chi connectivity index (χ4n) is 1.56. The van der Waals surface area contributed by atoms with Gasteiger partial charge in [0.05, 0.1) is 0 Å². The largest absolute Gasteiger partial charge is 0.400 e. The Morgan fingerprint density at radius 1 is 1.21 bits per heavy atom. The van der Waals surface area contributed by atoms with E-state index in [1.807, 2.05) is 0 Å². The molecule has 2 nitrogen and oxygen atoms in total. The van der Waals surface area contributed by atoms with Crippen LogP contribution in [-0.4, -0.2) is 34.8 Å². The summed E-state index contributed by atoms with van der Waals surface area (Å²) in [7, 11) is 1.92. The fraction of sp³-hybridized carbons (Fsp3) is 1.00. The number of alkyl halides is 2. The lowest BCUT2D eigenvalue weighted by Gasteiger charge is -2.23. The van der Waals surface area contributed by atoms with E-state index in [0.29, 0.717) is 17.3 Å². The normalized spacial score (nSPS) is 18.2. The van der Waals surface area contributed by atoms with Crippen molar-refractivity contribution >= 4 is 32.5 Å². The maximum atomic E-state index is 6.05. The van der Waals surface area contributed by atoms with Gasteiger partial charge in [-0.3, -0.25) is 0 Å². The minimum Gasteiger partial charge on any atom is -0.400 e. The van der Waals surface area contributed by atoms with Crippen LogP contribution in [0, 0.1) is 5.92 Å². The summed E-state index contributed by atoms with van der Waals surface area (Å²) in [6.45, 7) is 4.27. The van der Waals surface area contributed by atoms with Crippen molar-refractivity contribution in [3.63, 3.8) is 0 Å². The van der Waals surface area contributed by atoms with Crippen molar-refractivity contribution in [1.82, 2.24) is 0 Å². The lowest BCUT2D eigenvalue weighted by molar-refractivity contribution is 0.260. The van der Waals surface area contributed by atoms with Crippen LogP contribution in [0.15, 0.2) is 0 Å². The van der Waals surface area contributed by atoms with Gasteiger partial charge in [0.25, 0.3) is 0 Å². The Morgan fingerprint density at radius 2 is 1.71 bits per heavy atom. The first kappa shape index (κ1) is 14.7. The van der Waals surface area contributed by atoms with E-state index < -0.39 is 9.28 Å². The van der Waals surface area contributed by atoms with Crippen molar-refractivity contribution in [2.75, 3.05) is 20.1 Å². The highest BCUT2D eigenvalue weighted by atomic mass is 35.5. The molecule has 0 fully saturated rings. The minimum absolute atomic E-state index is 0.0440. The predicted octanol–water partition coefficient (Wildman–Crippen LogP) is 2.76. The molecule has 0 saturated carbocycles. The van der Waals surface area contributed by atoms with Gasteiger partial charge in [-0.25, -0.2) is 0 Å². The van der Waals surface area contributed by atoms with E-state index in [1.54, 1.807) is 14.2 Å². The fourth-order valence-corrected chi connectivity index (χ4v) is 3.74. The average Bonchev–Trinajstić information content (AvgIpc) is 2.18. The molecule has 0 amide bonds. The van der Waals surface area contributed by atoms with Crippen molar-refractivity contribution < 1.29 is 8.85 Å². The molecule has 0 aliphatic heterocycles. The first-order valence-corrected chi connectivity index (χ1v) is 7.40. The molecule has 0 rings (SSSR count). The lowest BCUT2D eigenvalue weighted by atomic mass is 10.0. The third-order valence-corrected chi connectivity index (χ3v) is 5.64. The van der Waals surface area contributed by atoms with Crippen LogP contribution in [0.25, 0.3) is 0 Å². The van der Waals surface area contributed by atoms with Crippen molar-refractivity contribution in [3.8, 4) is 0 Å². The second-order valence-corrected chi connectivity index (χ2v) is 7.39. The molecule has 0 spiro atoms. The molecule has 86 valence electrons. The minimum atomic E-state index is -1.50. The van der Waals surface area contributed by atoms with Crippen molar-refractivity contribution in [2.24, 2.45) is 5.92 Å². The van der Waals surface area contributed by atoms with Crippen LogP contribution in [0.1, 0.15) is 20.3 Å². The predicted molar refractivity (Wildman–Crippen MR) is 64.7 cm³/mol. The molecular formula is C9H20Cl2O2Si. The molecule has 0 aromatic heterocycles. The highest BCUT2D eigenvalue weighted by Gasteiger charge is 2.24. The maximum absolute atomic E-state index is 6.05. The molecule has 0 aliphatic rings. The standard InChI is InChI=1S/C9H20Cl2O2Si/c1-7(9(11)6-10)5-8(2)14(12-3)13-4/h7-9,14H,5-6H2,1-4H3. The highest BCUT2D eigenvalue weighted by Crippen LogP contribution is 2.26. The molecule has 5 heteroatoms. The van der Waals surface area contributed by atoms with Gasteiger partial charge < -0.3 is 8.85 Å². The monoisotopic (exact) mass is 258 g/mol. The molecule has 0 aromatic rings. The Hall–Kier alpha value is 0.717. The Balaban J connectivity index is 3.96. The maximum Gasteiger partial charge on any atom is 0.323 e. The zero-order chi connectivity index (χ0) is 11.1. The Kier molecular flexibility index (Phi) is 8.34. The van der Waals surface area contributed by atoms with Gasteiger partial charge in [0, 0.05) is 25.5 Å². The Labute approximate surface area is 98.7 Å². The van der Waals surface area contributed by atoms with E-state index in [0.717, 1.165) is 6.42 Å². The molecule has 14 heavy (non-hydrogen) atoms. The molecule has 0 saturated heterocycles. The number of rotatable bonds is 7. The van der Waals surface area contributed by atoms with Crippen molar-refractivity contribution in [1.29, 1.82) is 0 Å². The summed E-state index contributed by atoms with van der Waals surface area (Å²) in [4.78, 5) is 0. The lowest BCUT2D eigenvalue weighted by Crippen LogP contribution is -2.27. The molecule has 0 aliphatic carbocycles. The molecule has 0 heterocycles. The third kappa shape index (κ3) is 4.98. The van der Waals surface area contributed by atoms with Crippen molar-refractivity contribution in [3.05, 3.63) is 0 Å². The quantitative estimate of drug-likeness (QED) is 0.517. The summed E-state index contributed by atoms with van der Waals surface area (Å²) < 4.78 is 10.6. The van der Waals surface area contributed by atoms with Gasteiger partial charge in [-0.15, -0.1) is 23.2 Å². The van der Waals surface area contributed by atoms with E-state index in [9.17, 15) is 0 Å². The Bertz CT molecular complexity index is 145. The van der Waals surface area contributed by atoms with Crippen LogP contribution in [0.2, 0.25) is 5.54 Å². The van der Waals surface area contributed by atoms with Gasteiger partial charge >= 0.3 is 9.28 Å². The Morgan fingerprint density at radius 3 is 2.07 bits per heavy atom. The van der Waals surface area contributed by atoms with Crippen LogP contribution < -0.4 is 0 Å². The van der Waals surface area contributed by atoms with Gasteiger partial charge in [-0.2, -0.15) is 0 Å². The van der Waals surface area contributed by atoms with Gasteiger partial charge in [-0.05, 0) is 17.9 Å². The van der Waals surface area contributed by atoms with Crippen LogP contribution in [-0.2, 0) is 8.85 Å². The first-order chi connectivity index (χ1) is 6.56. The zero-order valence-electron chi connectivity index (χ0n) is 9.30. The number of hydrogen-bond donors (Lipinski definition) is 0. The summed E-state index contributed by atoms with van der Waals surface area (Å²) in [6.07, 6.45) is 1.01. The smallest absolute Gasteiger partial charge is 0.323 e.